The summed E-state index contributed by atoms with van der Waals surface area (Å²) in [6, 6.07) is 8.69. The molecule has 1 atom stereocenters. The number of amides is 1. The van der Waals surface area contributed by atoms with Crippen molar-refractivity contribution in [2.75, 3.05) is 5.32 Å². The van der Waals surface area contributed by atoms with Gasteiger partial charge in [0.1, 0.15) is 12.4 Å². The standard InChI is InChI=1S/C21H20F2N6O/c1-12(2)19(29-10-24-17-8-15(22)16(23)9-18(17)29)21(30)26-14-6-4-5-13(7-14)20-27-25-11-28(20)3/h4-12,19H,1-3H3,(H,26,30). The van der Waals surface area contributed by atoms with Crippen molar-refractivity contribution >= 4 is 22.6 Å². The van der Waals surface area contributed by atoms with E-state index >= 15 is 0 Å². The van der Waals surface area contributed by atoms with Gasteiger partial charge in [0.05, 0.1) is 17.4 Å². The molecule has 0 radical (unpaired) electrons. The van der Waals surface area contributed by atoms with Crippen molar-refractivity contribution in [2.45, 2.75) is 19.9 Å². The number of imidazole rings is 1. The van der Waals surface area contributed by atoms with Gasteiger partial charge in [-0.05, 0) is 18.1 Å². The molecule has 1 amide bonds. The third-order valence-electron chi connectivity index (χ3n) is 4.92. The SMILES string of the molecule is CC(C)C(C(=O)Nc1cccc(-c2nncn2C)c1)n1cnc2cc(F)c(F)cc21. The molecule has 0 saturated carbocycles. The number of benzene rings is 2. The van der Waals surface area contributed by atoms with E-state index in [0.717, 1.165) is 17.7 Å². The number of hydrogen-bond acceptors (Lipinski definition) is 4. The summed E-state index contributed by atoms with van der Waals surface area (Å²) in [5.41, 5.74) is 2.04. The maximum atomic E-state index is 13.8. The predicted octanol–water partition coefficient (Wildman–Crippen LogP) is 3.95. The van der Waals surface area contributed by atoms with Gasteiger partial charge in [-0.2, -0.15) is 0 Å². The molecule has 4 rings (SSSR count). The lowest BCUT2D eigenvalue weighted by atomic mass is 10.0. The summed E-state index contributed by atoms with van der Waals surface area (Å²) >= 11 is 0. The number of nitrogens with one attached hydrogen (secondary N) is 1. The number of aromatic nitrogens is 5. The number of hydrogen-bond donors (Lipinski definition) is 1. The molecule has 0 aliphatic heterocycles. The second-order valence-corrected chi connectivity index (χ2v) is 7.43. The summed E-state index contributed by atoms with van der Waals surface area (Å²) in [5, 5.41) is 10.9. The predicted molar refractivity (Wildman–Crippen MR) is 109 cm³/mol. The first-order chi connectivity index (χ1) is 14.3. The van der Waals surface area contributed by atoms with E-state index in [9.17, 15) is 13.6 Å². The van der Waals surface area contributed by atoms with Crippen LogP contribution in [0.3, 0.4) is 0 Å². The maximum Gasteiger partial charge on any atom is 0.247 e. The molecular formula is C21H20F2N6O. The molecule has 4 aromatic rings. The van der Waals surface area contributed by atoms with Crippen molar-refractivity contribution in [3.63, 3.8) is 0 Å². The summed E-state index contributed by atoms with van der Waals surface area (Å²) in [4.78, 5) is 17.3. The van der Waals surface area contributed by atoms with Crippen molar-refractivity contribution in [1.29, 1.82) is 0 Å². The number of carbonyl (C=O) groups excluding carboxylic acids is 1. The van der Waals surface area contributed by atoms with Gasteiger partial charge in [-0.25, -0.2) is 13.8 Å². The van der Waals surface area contributed by atoms with E-state index < -0.39 is 17.7 Å². The second kappa shape index (κ2) is 7.66. The van der Waals surface area contributed by atoms with Crippen LogP contribution in [0.5, 0.6) is 0 Å². The molecule has 7 nitrogen and oxygen atoms in total. The first-order valence-corrected chi connectivity index (χ1v) is 9.42. The Morgan fingerprint density at radius 2 is 1.87 bits per heavy atom. The molecule has 0 saturated heterocycles. The van der Waals surface area contributed by atoms with E-state index in [2.05, 4.69) is 20.5 Å². The summed E-state index contributed by atoms with van der Waals surface area (Å²) in [6.45, 7) is 3.76. The van der Waals surface area contributed by atoms with Crippen LogP contribution in [0.15, 0.2) is 49.1 Å². The molecule has 0 bridgehead atoms. The van der Waals surface area contributed by atoms with Gasteiger partial charge in [-0.1, -0.05) is 26.0 Å². The first kappa shape index (κ1) is 19.7. The summed E-state index contributed by atoms with van der Waals surface area (Å²) in [6.07, 6.45) is 3.03. The van der Waals surface area contributed by atoms with Gasteiger partial charge in [-0.15, -0.1) is 10.2 Å². The van der Waals surface area contributed by atoms with Crippen molar-refractivity contribution in [2.24, 2.45) is 13.0 Å². The molecule has 0 spiro atoms. The molecule has 1 unspecified atom stereocenters. The van der Waals surface area contributed by atoms with Gasteiger partial charge >= 0.3 is 0 Å². The Balaban J connectivity index is 1.66. The van der Waals surface area contributed by atoms with Gasteiger partial charge in [-0.3, -0.25) is 4.79 Å². The molecule has 0 fully saturated rings. The molecule has 2 aromatic carbocycles. The lowest BCUT2D eigenvalue weighted by Crippen LogP contribution is -2.29. The fourth-order valence-electron chi connectivity index (χ4n) is 3.49. The van der Waals surface area contributed by atoms with Crippen LogP contribution < -0.4 is 5.32 Å². The number of anilines is 1. The molecule has 0 aliphatic rings. The highest BCUT2D eigenvalue weighted by molar-refractivity contribution is 5.95. The zero-order chi connectivity index (χ0) is 21.4. The van der Waals surface area contributed by atoms with Gasteiger partial charge in [0, 0.05) is 30.4 Å². The van der Waals surface area contributed by atoms with Gasteiger partial charge in [0.15, 0.2) is 17.5 Å². The minimum Gasteiger partial charge on any atom is -0.324 e. The third kappa shape index (κ3) is 3.54. The third-order valence-corrected chi connectivity index (χ3v) is 4.92. The zero-order valence-electron chi connectivity index (χ0n) is 16.7. The quantitative estimate of drug-likeness (QED) is 0.541. The first-order valence-electron chi connectivity index (χ1n) is 9.42. The zero-order valence-corrected chi connectivity index (χ0v) is 16.7. The van der Waals surface area contributed by atoms with Crippen LogP contribution in [0.1, 0.15) is 19.9 Å². The van der Waals surface area contributed by atoms with E-state index in [0.29, 0.717) is 17.0 Å². The van der Waals surface area contributed by atoms with Crippen LogP contribution in [-0.4, -0.2) is 30.2 Å². The van der Waals surface area contributed by atoms with Crippen molar-refractivity contribution in [1.82, 2.24) is 24.3 Å². The van der Waals surface area contributed by atoms with Crippen LogP contribution in [0, 0.1) is 17.6 Å². The minimum absolute atomic E-state index is 0.127. The second-order valence-electron chi connectivity index (χ2n) is 7.43. The highest BCUT2D eigenvalue weighted by Gasteiger charge is 2.26. The fraction of sp³-hybridized carbons (Fsp3) is 0.238. The Morgan fingerprint density at radius 1 is 1.10 bits per heavy atom. The van der Waals surface area contributed by atoms with Gasteiger partial charge in [0.25, 0.3) is 0 Å². The van der Waals surface area contributed by atoms with Crippen LogP contribution in [-0.2, 0) is 11.8 Å². The average Bonchev–Trinajstić information content (AvgIpc) is 3.29. The number of halogens is 2. The smallest absolute Gasteiger partial charge is 0.247 e. The Labute approximate surface area is 171 Å². The number of fused-ring (bicyclic) bond motifs is 1. The normalized spacial score (nSPS) is 12.5. The van der Waals surface area contributed by atoms with Crippen LogP contribution in [0.25, 0.3) is 22.4 Å². The average molecular weight is 410 g/mol. The lowest BCUT2D eigenvalue weighted by Gasteiger charge is -2.22. The fourth-order valence-corrected chi connectivity index (χ4v) is 3.49. The van der Waals surface area contributed by atoms with Crippen molar-refractivity contribution in [3.8, 4) is 11.4 Å². The molecular weight excluding hydrogens is 390 g/mol. The topological polar surface area (TPSA) is 77.6 Å². The number of nitrogens with zero attached hydrogens (tertiary/aromatic N) is 5. The monoisotopic (exact) mass is 410 g/mol. The number of carbonyl (C=O) groups is 1. The van der Waals surface area contributed by atoms with Crippen molar-refractivity contribution in [3.05, 3.63) is 60.7 Å². The molecule has 1 N–H and O–H groups in total. The van der Waals surface area contributed by atoms with Crippen LogP contribution in [0.2, 0.25) is 0 Å². The number of rotatable bonds is 5. The highest BCUT2D eigenvalue weighted by atomic mass is 19.2. The Bertz CT molecular complexity index is 1230. The molecule has 9 heteroatoms. The maximum absolute atomic E-state index is 13.8. The van der Waals surface area contributed by atoms with Crippen LogP contribution >= 0.6 is 0 Å². The van der Waals surface area contributed by atoms with Gasteiger partial charge in [0.2, 0.25) is 5.91 Å². The van der Waals surface area contributed by atoms with E-state index in [1.54, 1.807) is 27.6 Å². The molecule has 0 aliphatic carbocycles. The Morgan fingerprint density at radius 3 is 2.57 bits per heavy atom. The Hall–Kier alpha value is -3.62. The highest BCUT2D eigenvalue weighted by Crippen LogP contribution is 2.27. The lowest BCUT2D eigenvalue weighted by molar-refractivity contribution is -0.120. The minimum atomic E-state index is -0.983. The summed E-state index contributed by atoms with van der Waals surface area (Å²) in [7, 11) is 1.83. The van der Waals surface area contributed by atoms with E-state index in [1.807, 2.05) is 33.0 Å². The molecule has 2 aromatic heterocycles. The van der Waals surface area contributed by atoms with E-state index in [4.69, 9.17) is 0 Å². The molecule has 2 heterocycles. The van der Waals surface area contributed by atoms with Crippen molar-refractivity contribution < 1.29 is 13.6 Å². The van der Waals surface area contributed by atoms with Crippen LogP contribution in [0.4, 0.5) is 14.5 Å². The van der Waals surface area contributed by atoms with E-state index in [-0.39, 0.29) is 17.3 Å². The number of aryl methyl sites for hydroxylation is 1. The summed E-state index contributed by atoms with van der Waals surface area (Å²) in [5.74, 6) is -1.70. The molecule has 30 heavy (non-hydrogen) atoms. The molecule has 154 valence electrons. The Kier molecular flexibility index (Phi) is 5.03. The largest absolute Gasteiger partial charge is 0.324 e. The van der Waals surface area contributed by atoms with Gasteiger partial charge < -0.3 is 14.5 Å². The van der Waals surface area contributed by atoms with E-state index in [1.165, 1.54) is 6.33 Å². The summed E-state index contributed by atoms with van der Waals surface area (Å²) < 4.78 is 30.7.